The number of nitrogens with zero attached hydrogens (tertiary/aromatic N) is 2. The highest BCUT2D eigenvalue weighted by molar-refractivity contribution is 5.03. The fourth-order valence-electron chi connectivity index (χ4n) is 3.47. The van der Waals surface area contributed by atoms with E-state index in [2.05, 4.69) is 28.7 Å². The molecule has 3 heteroatoms. The first-order chi connectivity index (χ1) is 11.7. The van der Waals surface area contributed by atoms with Crippen molar-refractivity contribution in [3.63, 3.8) is 0 Å². The second-order valence-corrected chi connectivity index (χ2v) is 7.30. The molecule has 0 spiro atoms. The monoisotopic (exact) mass is 352 g/mol. The van der Waals surface area contributed by atoms with Gasteiger partial charge in [-0.25, -0.2) is 0 Å². The van der Waals surface area contributed by atoms with Crippen LogP contribution in [0.25, 0.3) is 0 Å². The number of hydrogen-bond acceptors (Lipinski definition) is 3. The Morgan fingerprint density at radius 3 is 1.88 bits per heavy atom. The van der Waals surface area contributed by atoms with E-state index in [1.165, 1.54) is 51.7 Å². The first kappa shape index (κ1) is 24.4. The number of hydrogen-bond donors (Lipinski definition) is 1. The molecule has 2 aliphatic heterocycles. The maximum atomic E-state index is 9.43. The molecule has 1 N–H and O–H groups in total. The van der Waals surface area contributed by atoms with Crippen LogP contribution in [0.15, 0.2) is 0 Å². The molecule has 0 radical (unpaired) electrons. The highest BCUT2D eigenvalue weighted by atomic mass is 16.3. The molecule has 3 aliphatic rings. The summed E-state index contributed by atoms with van der Waals surface area (Å²) in [5.41, 5.74) is 0. The Balaban J connectivity index is 0.000000488. The molecule has 0 bridgehead atoms. The highest BCUT2D eigenvalue weighted by Crippen LogP contribution is 2.24. The van der Waals surface area contributed by atoms with E-state index in [0.717, 1.165) is 37.8 Å². The summed E-state index contributed by atoms with van der Waals surface area (Å²) in [7, 11) is 2.22. The molecule has 2 saturated heterocycles. The van der Waals surface area contributed by atoms with Gasteiger partial charge in [0.15, 0.2) is 0 Å². The Morgan fingerprint density at radius 2 is 1.48 bits per heavy atom. The zero-order valence-electron chi connectivity index (χ0n) is 16.6. The molecule has 3 nitrogen and oxygen atoms in total. The molecule has 0 aromatic carbocycles. The van der Waals surface area contributed by atoms with Crippen molar-refractivity contribution in [1.29, 1.82) is 0 Å². The minimum Gasteiger partial charge on any atom is -0.393 e. The highest BCUT2D eigenvalue weighted by Gasteiger charge is 2.22. The molecule has 0 aromatic heterocycles. The van der Waals surface area contributed by atoms with Crippen LogP contribution in [0.3, 0.4) is 0 Å². The van der Waals surface area contributed by atoms with Crippen LogP contribution in [0.4, 0.5) is 0 Å². The lowest BCUT2D eigenvalue weighted by Gasteiger charge is -2.35. The van der Waals surface area contributed by atoms with Gasteiger partial charge in [-0.15, -0.1) is 11.8 Å². The number of aliphatic hydroxyl groups excluding tert-OH is 1. The lowest BCUT2D eigenvalue weighted by atomic mass is 9.86. The van der Waals surface area contributed by atoms with E-state index in [4.69, 9.17) is 0 Å². The molecule has 1 aliphatic carbocycles. The first-order valence-corrected chi connectivity index (χ1v) is 10.2. The summed E-state index contributed by atoms with van der Waals surface area (Å²) >= 11 is 0. The zero-order chi connectivity index (χ0) is 17.8. The first-order valence-electron chi connectivity index (χ1n) is 10.2. The van der Waals surface area contributed by atoms with Crippen LogP contribution in [0.5, 0.6) is 0 Å². The predicted molar refractivity (Wildman–Crippen MR) is 111 cm³/mol. The largest absolute Gasteiger partial charge is 0.393 e. The van der Waals surface area contributed by atoms with Crippen molar-refractivity contribution in [2.45, 2.75) is 79.2 Å². The minimum atomic E-state index is -0.0289. The average molecular weight is 353 g/mol. The van der Waals surface area contributed by atoms with Crippen molar-refractivity contribution in [3.05, 3.63) is 0 Å². The molecule has 2 heterocycles. The molecule has 0 unspecified atom stereocenters. The number of piperidine rings is 2. The SMILES string of the molecule is C.CC.CC#CC1CCC1.CN1CCC(CN2CCC(O)CC2)CC1. The second kappa shape index (κ2) is 14.6. The number of likely N-dealkylation sites (tertiary alicyclic amines) is 2. The normalized spacial score (nSPS) is 22.8. The van der Waals surface area contributed by atoms with Crippen LogP contribution in [0.2, 0.25) is 0 Å². The van der Waals surface area contributed by atoms with Crippen LogP contribution >= 0.6 is 0 Å². The van der Waals surface area contributed by atoms with E-state index in [1.54, 1.807) is 0 Å². The van der Waals surface area contributed by atoms with Crippen LogP contribution in [-0.4, -0.2) is 60.8 Å². The van der Waals surface area contributed by atoms with Gasteiger partial charge >= 0.3 is 0 Å². The molecule has 1 saturated carbocycles. The second-order valence-electron chi connectivity index (χ2n) is 7.30. The number of aliphatic hydroxyl groups is 1. The van der Waals surface area contributed by atoms with Crippen LogP contribution < -0.4 is 0 Å². The van der Waals surface area contributed by atoms with Gasteiger partial charge in [0.1, 0.15) is 0 Å². The molecular formula is C22H44N2O. The zero-order valence-corrected chi connectivity index (χ0v) is 16.6. The molecule has 0 aromatic rings. The van der Waals surface area contributed by atoms with Gasteiger partial charge < -0.3 is 14.9 Å². The van der Waals surface area contributed by atoms with E-state index in [-0.39, 0.29) is 13.5 Å². The molecule has 3 fully saturated rings. The fraction of sp³-hybridized carbons (Fsp3) is 0.909. The summed E-state index contributed by atoms with van der Waals surface area (Å²) in [5, 5.41) is 9.43. The van der Waals surface area contributed by atoms with Crippen LogP contribution in [0, 0.1) is 23.7 Å². The van der Waals surface area contributed by atoms with Gasteiger partial charge in [0.2, 0.25) is 0 Å². The summed E-state index contributed by atoms with van der Waals surface area (Å²) in [4.78, 5) is 4.97. The van der Waals surface area contributed by atoms with Crippen molar-refractivity contribution in [1.82, 2.24) is 9.80 Å². The lowest BCUT2D eigenvalue weighted by molar-refractivity contribution is 0.0670. The topological polar surface area (TPSA) is 26.7 Å². The van der Waals surface area contributed by atoms with Gasteiger partial charge in [-0.05, 0) is 71.5 Å². The minimum absolute atomic E-state index is 0. The predicted octanol–water partition coefficient (Wildman–Crippen LogP) is 4.26. The molecule has 3 rings (SSSR count). The molecular weight excluding hydrogens is 308 g/mol. The molecule has 0 atom stereocenters. The standard InChI is InChI=1S/C12H24N2O.C7H10.C2H6.CH4/c1-13-6-2-11(3-7-13)10-14-8-4-12(15)5-9-14;1-2-4-7-5-3-6-7;1-2;/h11-12,15H,2-10H2,1H3;7H,3,5-6H2,1H3;1-2H3;1H4. The van der Waals surface area contributed by atoms with Crippen LogP contribution in [0.1, 0.15) is 73.1 Å². The number of rotatable bonds is 2. The Morgan fingerprint density at radius 1 is 0.920 bits per heavy atom. The van der Waals surface area contributed by atoms with E-state index in [1.807, 2.05) is 20.8 Å². The van der Waals surface area contributed by atoms with E-state index in [0.29, 0.717) is 0 Å². The summed E-state index contributed by atoms with van der Waals surface area (Å²) < 4.78 is 0. The smallest absolute Gasteiger partial charge is 0.0564 e. The lowest BCUT2D eigenvalue weighted by Crippen LogP contribution is -2.41. The third-order valence-electron chi connectivity index (χ3n) is 5.37. The third-order valence-corrected chi connectivity index (χ3v) is 5.37. The fourth-order valence-corrected chi connectivity index (χ4v) is 3.47. The van der Waals surface area contributed by atoms with Gasteiger partial charge in [0.05, 0.1) is 6.10 Å². The quantitative estimate of drug-likeness (QED) is 0.752. The molecule has 148 valence electrons. The summed E-state index contributed by atoms with van der Waals surface area (Å²) in [6, 6.07) is 0. The van der Waals surface area contributed by atoms with Gasteiger partial charge in [-0.1, -0.05) is 27.7 Å². The Kier molecular flexibility index (Phi) is 14.3. The molecule has 25 heavy (non-hydrogen) atoms. The summed E-state index contributed by atoms with van der Waals surface area (Å²) in [6.45, 7) is 11.9. The van der Waals surface area contributed by atoms with Gasteiger partial charge in [-0.3, -0.25) is 0 Å². The van der Waals surface area contributed by atoms with E-state index >= 15 is 0 Å². The van der Waals surface area contributed by atoms with Crippen molar-refractivity contribution in [2.24, 2.45) is 11.8 Å². The van der Waals surface area contributed by atoms with Crippen molar-refractivity contribution < 1.29 is 5.11 Å². The Labute approximate surface area is 158 Å². The van der Waals surface area contributed by atoms with Crippen LogP contribution in [-0.2, 0) is 0 Å². The summed E-state index contributed by atoms with van der Waals surface area (Å²) in [5.74, 6) is 7.72. The van der Waals surface area contributed by atoms with Crippen molar-refractivity contribution in [3.8, 4) is 11.8 Å². The average Bonchev–Trinajstić information content (AvgIpc) is 2.58. The van der Waals surface area contributed by atoms with Gasteiger partial charge in [-0.2, -0.15) is 0 Å². The van der Waals surface area contributed by atoms with Crippen molar-refractivity contribution in [2.75, 3.05) is 39.8 Å². The van der Waals surface area contributed by atoms with Gasteiger partial charge in [0.25, 0.3) is 0 Å². The van der Waals surface area contributed by atoms with Gasteiger partial charge in [0, 0.05) is 25.6 Å². The van der Waals surface area contributed by atoms with Crippen molar-refractivity contribution >= 4 is 0 Å². The summed E-state index contributed by atoms with van der Waals surface area (Å²) in [6.07, 6.45) is 8.74. The van der Waals surface area contributed by atoms with E-state index in [9.17, 15) is 5.11 Å². The Bertz CT molecular complexity index is 334. The van der Waals surface area contributed by atoms with E-state index < -0.39 is 0 Å². The maximum Gasteiger partial charge on any atom is 0.0564 e. The third kappa shape index (κ3) is 10.2. The maximum absolute atomic E-state index is 9.43. The Hall–Kier alpha value is -0.560. The molecule has 0 amide bonds.